The van der Waals surface area contributed by atoms with Gasteiger partial charge in [0.15, 0.2) is 23.7 Å². The number of benzene rings is 2. The first-order valence-corrected chi connectivity index (χ1v) is 12.5. The van der Waals surface area contributed by atoms with Gasteiger partial charge in [0.05, 0.1) is 19.1 Å². The number of ether oxygens (including phenoxy) is 4. The fraction of sp³-hybridized carbons (Fsp3) is 0.556. The number of hydrogen-bond donors (Lipinski definition) is 0. The Morgan fingerprint density at radius 1 is 0.919 bits per heavy atom. The summed E-state index contributed by atoms with van der Waals surface area (Å²) in [5.41, 5.74) is -0.446. The zero-order valence-corrected chi connectivity index (χ0v) is 20.5. The van der Waals surface area contributed by atoms with Crippen LogP contribution in [0.5, 0.6) is 11.5 Å². The normalized spacial score (nSPS) is 24.6. The topological polar surface area (TPSA) is 36.9 Å². The van der Waals surface area contributed by atoms with Crippen LogP contribution < -0.4 is 9.47 Å². The molecule has 0 aromatic heterocycles. The highest BCUT2D eigenvalue weighted by atomic mass is 19.3. The van der Waals surface area contributed by atoms with Crippen LogP contribution in [0.4, 0.5) is 26.3 Å². The molecule has 1 aliphatic heterocycles. The maximum Gasteiger partial charge on any atom is 0.400 e. The predicted octanol–water partition coefficient (Wildman–Crippen LogP) is 7.64. The molecule has 2 aromatic rings. The third-order valence-corrected chi connectivity index (χ3v) is 7.02. The van der Waals surface area contributed by atoms with Crippen molar-refractivity contribution in [1.82, 2.24) is 0 Å². The van der Waals surface area contributed by atoms with Gasteiger partial charge in [0.25, 0.3) is 0 Å². The zero-order valence-electron chi connectivity index (χ0n) is 20.5. The van der Waals surface area contributed by atoms with Gasteiger partial charge in [0.2, 0.25) is 6.86 Å². The van der Waals surface area contributed by atoms with Crippen LogP contribution in [0.1, 0.15) is 45.4 Å². The van der Waals surface area contributed by atoms with Crippen molar-refractivity contribution < 1.29 is 45.3 Å². The van der Waals surface area contributed by atoms with Gasteiger partial charge in [0.1, 0.15) is 11.6 Å². The molecule has 0 N–H and O–H groups in total. The van der Waals surface area contributed by atoms with Crippen LogP contribution in [0.2, 0.25) is 0 Å². The van der Waals surface area contributed by atoms with Crippen molar-refractivity contribution >= 4 is 0 Å². The lowest BCUT2D eigenvalue weighted by atomic mass is 9.80. The Balaban J connectivity index is 1.36. The lowest BCUT2D eigenvalue weighted by Crippen LogP contribution is -2.42. The van der Waals surface area contributed by atoms with E-state index in [9.17, 15) is 26.3 Å². The Hall–Kier alpha value is -2.46. The van der Waals surface area contributed by atoms with Crippen molar-refractivity contribution in [3.05, 3.63) is 47.8 Å². The Kier molecular flexibility index (Phi) is 8.90. The Morgan fingerprint density at radius 2 is 1.57 bits per heavy atom. The molecule has 10 heteroatoms. The van der Waals surface area contributed by atoms with Crippen LogP contribution in [-0.4, -0.2) is 32.5 Å². The lowest BCUT2D eigenvalue weighted by molar-refractivity contribution is -0.247. The summed E-state index contributed by atoms with van der Waals surface area (Å²) in [6.07, 6.45) is -0.438. The summed E-state index contributed by atoms with van der Waals surface area (Å²) in [6.45, 7) is 1.90. The zero-order chi connectivity index (χ0) is 26.6. The summed E-state index contributed by atoms with van der Waals surface area (Å²) in [4.78, 5) is 0. The van der Waals surface area contributed by atoms with E-state index in [4.69, 9.17) is 14.2 Å². The third kappa shape index (κ3) is 6.52. The van der Waals surface area contributed by atoms with Crippen molar-refractivity contribution in [3.63, 3.8) is 0 Å². The van der Waals surface area contributed by atoms with E-state index in [1.54, 1.807) is 0 Å². The van der Waals surface area contributed by atoms with Crippen molar-refractivity contribution in [1.29, 1.82) is 0 Å². The molecule has 0 radical (unpaired) electrons. The van der Waals surface area contributed by atoms with Gasteiger partial charge in [-0.2, -0.15) is 8.78 Å². The second kappa shape index (κ2) is 11.9. The third-order valence-electron chi connectivity index (χ3n) is 7.02. The van der Waals surface area contributed by atoms with E-state index in [2.05, 4.69) is 11.7 Å². The molecule has 2 fully saturated rings. The first-order chi connectivity index (χ1) is 17.7. The quantitative estimate of drug-likeness (QED) is 0.311. The highest BCUT2D eigenvalue weighted by Gasteiger charge is 2.45. The fourth-order valence-electron chi connectivity index (χ4n) is 5.07. The number of halogens is 6. The smallest absolute Gasteiger partial charge is 0.400 e. The second-order valence-corrected chi connectivity index (χ2v) is 9.63. The van der Waals surface area contributed by atoms with E-state index >= 15 is 0 Å². The molecule has 0 bridgehead atoms. The molecule has 0 spiro atoms. The van der Waals surface area contributed by atoms with Gasteiger partial charge in [-0.1, -0.05) is 13.3 Å². The Morgan fingerprint density at radius 3 is 2.14 bits per heavy atom. The Bertz CT molecular complexity index is 1030. The molecule has 1 heterocycles. The maximum absolute atomic E-state index is 14.9. The van der Waals surface area contributed by atoms with Gasteiger partial charge in [-0.3, -0.25) is 0 Å². The van der Waals surface area contributed by atoms with Gasteiger partial charge >= 0.3 is 6.11 Å². The number of hydrogen-bond acceptors (Lipinski definition) is 4. The maximum atomic E-state index is 14.9. The van der Waals surface area contributed by atoms with E-state index < -0.39 is 47.8 Å². The van der Waals surface area contributed by atoms with Gasteiger partial charge in [-0.25, -0.2) is 17.6 Å². The highest BCUT2D eigenvalue weighted by Crippen LogP contribution is 2.42. The van der Waals surface area contributed by atoms with Crippen LogP contribution in [-0.2, 0) is 9.47 Å². The summed E-state index contributed by atoms with van der Waals surface area (Å²) in [6, 6.07) is 4.47. The van der Waals surface area contributed by atoms with Crippen LogP contribution in [0.25, 0.3) is 11.1 Å². The molecule has 204 valence electrons. The van der Waals surface area contributed by atoms with E-state index in [1.165, 1.54) is 0 Å². The Labute approximate surface area is 211 Å². The summed E-state index contributed by atoms with van der Waals surface area (Å²) < 4.78 is 106. The van der Waals surface area contributed by atoms with Crippen molar-refractivity contribution in [3.8, 4) is 22.6 Å². The van der Waals surface area contributed by atoms with E-state index in [-0.39, 0.29) is 36.2 Å². The first kappa shape index (κ1) is 27.6. The van der Waals surface area contributed by atoms with E-state index in [1.807, 2.05) is 0 Å². The van der Waals surface area contributed by atoms with Gasteiger partial charge in [-0.05, 0) is 61.9 Å². The summed E-state index contributed by atoms with van der Waals surface area (Å²) in [5.74, 6) is -5.45. The average molecular weight is 533 g/mol. The molecule has 1 saturated heterocycles. The van der Waals surface area contributed by atoms with Crippen LogP contribution in [0, 0.1) is 35.2 Å². The molecular weight excluding hydrogens is 502 g/mol. The van der Waals surface area contributed by atoms with Gasteiger partial charge in [0, 0.05) is 23.5 Å². The monoisotopic (exact) mass is 532 g/mol. The van der Waals surface area contributed by atoms with Crippen LogP contribution in [0.15, 0.2) is 30.3 Å². The largest absolute Gasteiger partial charge is 0.457 e. The summed E-state index contributed by atoms with van der Waals surface area (Å²) in [5, 5.41) is 0. The first-order valence-electron chi connectivity index (χ1n) is 12.5. The van der Waals surface area contributed by atoms with Crippen LogP contribution in [0.3, 0.4) is 0 Å². The molecule has 4 nitrogen and oxygen atoms in total. The molecule has 4 rings (SSSR count). The molecule has 2 aromatic carbocycles. The lowest BCUT2D eigenvalue weighted by Gasteiger charge is -2.39. The van der Waals surface area contributed by atoms with Crippen molar-refractivity contribution in [2.45, 2.75) is 57.8 Å². The molecule has 0 amide bonds. The van der Waals surface area contributed by atoms with E-state index in [0.717, 1.165) is 43.2 Å². The molecular formula is C27H30F6O4. The standard InChI is InChI=1S/C27H30F6O4/c1-2-3-16-13-34-26(35-14-16)17-4-6-19(7-5-17)27(32,33)37-20-8-9-21(22(29)12-20)18-10-23(30)25(36-15-28)24(31)11-18/h8-12,16-17,19,26H,2-7,13-15H2,1H3. The molecule has 0 atom stereocenters. The SMILES string of the molecule is CCCC1COC(C2CCC(C(F)(F)Oc3ccc(-c4cc(F)c(OCF)c(F)c4)c(F)c3)CC2)OC1. The van der Waals surface area contributed by atoms with Crippen molar-refractivity contribution in [2.24, 2.45) is 17.8 Å². The minimum atomic E-state index is -3.54. The second-order valence-electron chi connectivity index (χ2n) is 9.63. The minimum absolute atomic E-state index is 0.0360. The molecule has 1 aliphatic carbocycles. The number of alkyl halides is 3. The molecule has 37 heavy (non-hydrogen) atoms. The predicted molar refractivity (Wildman–Crippen MR) is 123 cm³/mol. The highest BCUT2D eigenvalue weighted by molar-refractivity contribution is 5.66. The molecule has 1 saturated carbocycles. The van der Waals surface area contributed by atoms with E-state index in [0.29, 0.717) is 32.0 Å². The fourth-order valence-corrected chi connectivity index (χ4v) is 5.07. The minimum Gasteiger partial charge on any atom is -0.457 e. The molecule has 2 aliphatic rings. The van der Waals surface area contributed by atoms with Gasteiger partial charge < -0.3 is 18.9 Å². The summed E-state index contributed by atoms with van der Waals surface area (Å²) in [7, 11) is 0. The van der Waals surface area contributed by atoms with Gasteiger partial charge in [-0.15, -0.1) is 0 Å². The van der Waals surface area contributed by atoms with Crippen LogP contribution >= 0.6 is 0 Å². The average Bonchev–Trinajstić information content (AvgIpc) is 2.87. The number of rotatable bonds is 9. The van der Waals surface area contributed by atoms with Crippen molar-refractivity contribution in [2.75, 3.05) is 20.1 Å². The molecule has 0 unspecified atom stereocenters. The summed E-state index contributed by atoms with van der Waals surface area (Å²) >= 11 is 0.